The molecule has 0 spiro atoms. The van der Waals surface area contributed by atoms with Crippen LogP contribution in [-0.2, 0) is 0 Å². The van der Waals surface area contributed by atoms with Gasteiger partial charge in [0.05, 0.1) is 11.8 Å². The Kier molecular flexibility index (Phi) is 4.10. The molecule has 1 unspecified atom stereocenters. The van der Waals surface area contributed by atoms with Crippen molar-refractivity contribution in [1.29, 1.82) is 0 Å². The van der Waals surface area contributed by atoms with Gasteiger partial charge in [-0.25, -0.2) is 0 Å². The van der Waals surface area contributed by atoms with Gasteiger partial charge in [-0.05, 0) is 0 Å². The number of hydrogen-bond donors (Lipinski definition) is 0. The number of halogens is 7. The average Bonchev–Trinajstić information content (AvgIpc) is 1.56. The van der Waals surface area contributed by atoms with Gasteiger partial charge in [0.25, 0.3) is 0 Å². The summed E-state index contributed by atoms with van der Waals surface area (Å²) in [5, 5.41) is -1.55. The second-order valence-corrected chi connectivity index (χ2v) is 4.72. The first-order valence-electron chi connectivity index (χ1n) is 2.40. The lowest BCUT2D eigenvalue weighted by molar-refractivity contribution is -0.134. The first-order chi connectivity index (χ1) is 4.63. The van der Waals surface area contributed by atoms with Crippen molar-refractivity contribution in [2.75, 3.05) is 0 Å². The Hall–Kier alpha value is 0.950. The van der Waals surface area contributed by atoms with Crippen molar-refractivity contribution < 1.29 is 13.2 Å². The third kappa shape index (κ3) is 6.14. The molecule has 7 heteroatoms. The minimum absolute atomic E-state index is 1.31. The van der Waals surface area contributed by atoms with Crippen molar-refractivity contribution in [2.45, 2.75) is 21.8 Å². The van der Waals surface area contributed by atoms with Crippen LogP contribution in [0.25, 0.3) is 0 Å². The van der Waals surface area contributed by atoms with Crippen LogP contribution < -0.4 is 0 Å². The lowest BCUT2D eigenvalue weighted by Gasteiger charge is -2.18. The molecule has 0 bridgehead atoms. The van der Waals surface area contributed by atoms with Crippen molar-refractivity contribution in [3.05, 3.63) is 0 Å². The summed E-state index contributed by atoms with van der Waals surface area (Å²) >= 11 is 20.4. The normalized spacial score (nSPS) is 16.6. The molecule has 0 fully saturated rings. The molecule has 1 atom stereocenters. The third-order valence-corrected chi connectivity index (χ3v) is 2.37. The molecule has 0 rings (SSSR count). The average molecular weight is 250 g/mol. The summed E-state index contributed by atoms with van der Waals surface area (Å²) in [5.41, 5.74) is 0. The maximum atomic E-state index is 11.6. The molecule has 0 saturated carbocycles. The topological polar surface area (TPSA) is 0 Å². The van der Waals surface area contributed by atoms with Crippen LogP contribution >= 0.6 is 46.4 Å². The lowest BCUT2D eigenvalue weighted by atomic mass is 10.3. The second kappa shape index (κ2) is 3.77. The smallest absolute Gasteiger partial charge is 0.171 e. The summed E-state index contributed by atoms with van der Waals surface area (Å²) in [7, 11) is 0. The predicted molar refractivity (Wildman–Crippen MR) is 40.6 cm³/mol. The summed E-state index contributed by atoms with van der Waals surface area (Å²) in [4.78, 5) is 0. The fraction of sp³-hybridized carbons (Fsp3) is 1.00. The third-order valence-electron chi connectivity index (χ3n) is 0.766. The van der Waals surface area contributed by atoms with Gasteiger partial charge in [-0.3, -0.25) is 0 Å². The highest BCUT2D eigenvalue weighted by Gasteiger charge is 2.40. The molecular weight excluding hydrogens is 247 g/mol. The number of hydrogen-bond acceptors (Lipinski definition) is 0. The van der Waals surface area contributed by atoms with E-state index in [2.05, 4.69) is 0 Å². The Morgan fingerprint density at radius 1 is 1.09 bits per heavy atom. The van der Waals surface area contributed by atoms with Crippen LogP contribution in [0, 0.1) is 0 Å². The Morgan fingerprint density at radius 3 is 1.55 bits per heavy atom. The molecule has 0 aliphatic carbocycles. The minimum Gasteiger partial charge on any atom is -0.171 e. The van der Waals surface area contributed by atoms with E-state index < -0.39 is 21.8 Å². The Bertz CT molecular complexity index is 126. The zero-order valence-electron chi connectivity index (χ0n) is 4.93. The van der Waals surface area contributed by atoms with E-state index >= 15 is 0 Å². The first-order valence-corrected chi connectivity index (χ1v) is 3.97. The van der Waals surface area contributed by atoms with E-state index in [9.17, 15) is 13.2 Å². The molecule has 0 aliphatic rings. The van der Waals surface area contributed by atoms with Crippen LogP contribution in [0.15, 0.2) is 0 Å². The van der Waals surface area contributed by atoms with Gasteiger partial charge in [0.1, 0.15) is 0 Å². The molecule has 11 heavy (non-hydrogen) atoms. The van der Waals surface area contributed by atoms with Crippen molar-refractivity contribution in [3.63, 3.8) is 0 Å². The van der Waals surface area contributed by atoms with Crippen molar-refractivity contribution in [3.8, 4) is 0 Å². The molecule has 0 amide bonds. The quantitative estimate of drug-likeness (QED) is 0.618. The molecule has 0 aliphatic heterocycles. The van der Waals surface area contributed by atoms with E-state index in [1.165, 1.54) is 0 Å². The standard InChI is InChI=1S/C4H3Cl4F3/c5-2(4(6,7)8)1-3(9,10)11/h2H,1H2. The van der Waals surface area contributed by atoms with Crippen LogP contribution in [0.5, 0.6) is 0 Å². The predicted octanol–water partition coefficient (Wildman–Crippen LogP) is 3.92. The second-order valence-electron chi connectivity index (χ2n) is 1.83. The van der Waals surface area contributed by atoms with E-state index in [4.69, 9.17) is 46.4 Å². The molecule has 0 aromatic rings. The zero-order chi connectivity index (χ0) is 9.28. The summed E-state index contributed by atoms with van der Waals surface area (Å²) in [6.45, 7) is 0. The molecular formula is C4H3Cl4F3. The molecule has 0 N–H and O–H groups in total. The van der Waals surface area contributed by atoms with Gasteiger partial charge in [-0.15, -0.1) is 11.6 Å². The lowest BCUT2D eigenvalue weighted by Crippen LogP contribution is -2.26. The van der Waals surface area contributed by atoms with Gasteiger partial charge in [0, 0.05) is 0 Å². The minimum atomic E-state index is -4.41. The molecule has 0 aromatic carbocycles. The summed E-state index contributed by atoms with van der Waals surface area (Å²) in [5.74, 6) is 0. The fourth-order valence-corrected chi connectivity index (χ4v) is 0.725. The van der Waals surface area contributed by atoms with Gasteiger partial charge in [-0.1, -0.05) is 34.8 Å². The van der Waals surface area contributed by atoms with Crippen LogP contribution in [0.3, 0.4) is 0 Å². The maximum Gasteiger partial charge on any atom is 0.390 e. The monoisotopic (exact) mass is 248 g/mol. The van der Waals surface area contributed by atoms with Gasteiger partial charge in [-0.2, -0.15) is 13.2 Å². The summed E-state index contributed by atoms with van der Waals surface area (Å²) in [6.07, 6.45) is -5.72. The highest BCUT2D eigenvalue weighted by atomic mass is 35.6. The van der Waals surface area contributed by atoms with Crippen LogP contribution in [0.1, 0.15) is 6.42 Å². The molecule has 68 valence electrons. The van der Waals surface area contributed by atoms with Gasteiger partial charge >= 0.3 is 6.18 Å². The Balaban J connectivity index is 3.99. The zero-order valence-corrected chi connectivity index (χ0v) is 7.95. The van der Waals surface area contributed by atoms with Crippen LogP contribution in [0.4, 0.5) is 13.2 Å². The largest absolute Gasteiger partial charge is 0.390 e. The number of alkyl halides is 7. The van der Waals surface area contributed by atoms with Crippen molar-refractivity contribution >= 4 is 46.4 Å². The van der Waals surface area contributed by atoms with Gasteiger partial charge in [0.15, 0.2) is 0 Å². The van der Waals surface area contributed by atoms with E-state index in [0.29, 0.717) is 0 Å². The molecule has 0 saturated heterocycles. The fourth-order valence-electron chi connectivity index (χ4n) is 0.319. The molecule has 0 radical (unpaired) electrons. The van der Waals surface area contributed by atoms with Crippen LogP contribution in [-0.4, -0.2) is 15.3 Å². The van der Waals surface area contributed by atoms with Crippen molar-refractivity contribution in [1.82, 2.24) is 0 Å². The van der Waals surface area contributed by atoms with E-state index in [0.717, 1.165) is 0 Å². The van der Waals surface area contributed by atoms with E-state index in [1.807, 2.05) is 0 Å². The van der Waals surface area contributed by atoms with Crippen LogP contribution in [0.2, 0.25) is 0 Å². The maximum absolute atomic E-state index is 11.6. The summed E-state index contributed by atoms with van der Waals surface area (Å²) in [6, 6.07) is 0. The molecule has 0 nitrogen and oxygen atoms in total. The van der Waals surface area contributed by atoms with Gasteiger partial charge in [0.2, 0.25) is 3.79 Å². The van der Waals surface area contributed by atoms with Gasteiger partial charge < -0.3 is 0 Å². The molecule has 0 heterocycles. The van der Waals surface area contributed by atoms with E-state index in [-0.39, 0.29) is 0 Å². The van der Waals surface area contributed by atoms with E-state index in [1.54, 1.807) is 0 Å². The summed E-state index contributed by atoms with van der Waals surface area (Å²) < 4.78 is 32.7. The SMILES string of the molecule is FC(F)(F)CC(Cl)C(Cl)(Cl)Cl. The highest BCUT2D eigenvalue weighted by Crippen LogP contribution is 2.39. The highest BCUT2D eigenvalue weighted by molar-refractivity contribution is 6.70. The van der Waals surface area contributed by atoms with Crippen molar-refractivity contribution in [2.24, 2.45) is 0 Å². The first kappa shape index (κ1) is 11.9. The Labute approximate surface area is 81.5 Å². The Morgan fingerprint density at radius 2 is 1.45 bits per heavy atom. The number of rotatable bonds is 1. The molecule has 0 aromatic heterocycles.